The van der Waals surface area contributed by atoms with E-state index in [-0.39, 0.29) is 0 Å². The van der Waals surface area contributed by atoms with Gasteiger partial charge < -0.3 is 10.6 Å². The first-order valence-electron chi connectivity index (χ1n) is 7.02. The van der Waals surface area contributed by atoms with Crippen LogP contribution in [0.1, 0.15) is 6.92 Å². The summed E-state index contributed by atoms with van der Waals surface area (Å²) < 4.78 is 1.78. The number of aryl methyl sites for hydroxylation is 1. The normalized spacial score (nSPS) is 18.6. The van der Waals surface area contributed by atoms with Crippen LogP contribution >= 0.6 is 0 Å². The van der Waals surface area contributed by atoms with E-state index in [0.717, 1.165) is 43.0 Å². The zero-order chi connectivity index (χ0) is 14.1. The van der Waals surface area contributed by atoms with E-state index in [9.17, 15) is 0 Å². The highest BCUT2D eigenvalue weighted by atomic mass is 15.3. The van der Waals surface area contributed by atoms with Crippen LogP contribution < -0.4 is 10.6 Å². The maximum atomic E-state index is 5.74. The molecule has 0 bridgehead atoms. The van der Waals surface area contributed by atoms with Crippen molar-refractivity contribution in [1.82, 2.24) is 24.6 Å². The summed E-state index contributed by atoms with van der Waals surface area (Å²) in [5.74, 6) is 0.989. The third-order valence-corrected chi connectivity index (χ3v) is 4.09. The van der Waals surface area contributed by atoms with Gasteiger partial charge in [-0.05, 0) is 6.92 Å². The topological polar surface area (TPSA) is 76.1 Å². The number of aromatic nitrogens is 4. The first kappa shape index (κ1) is 13.3. The lowest BCUT2D eigenvalue weighted by Crippen LogP contribution is -2.51. The number of rotatable bonds is 3. The summed E-state index contributed by atoms with van der Waals surface area (Å²) in [6, 6.07) is 0.445. The van der Waals surface area contributed by atoms with Crippen molar-refractivity contribution in [2.75, 3.05) is 37.6 Å². The maximum Gasteiger partial charge on any atom is 0.163 e. The van der Waals surface area contributed by atoms with E-state index in [2.05, 4.69) is 31.8 Å². The summed E-state index contributed by atoms with van der Waals surface area (Å²) in [6.07, 6.45) is 3.47. The molecular weight excluding hydrogens is 254 g/mol. The Bertz CT molecular complexity index is 585. The van der Waals surface area contributed by atoms with Gasteiger partial charge in [-0.25, -0.2) is 9.97 Å². The molecule has 0 saturated carbocycles. The van der Waals surface area contributed by atoms with Crippen LogP contribution in [0.25, 0.3) is 11.0 Å². The Labute approximate surface area is 118 Å². The molecule has 108 valence electrons. The summed E-state index contributed by atoms with van der Waals surface area (Å²) in [5, 5.41) is 5.29. The highest BCUT2D eigenvalue weighted by Gasteiger charge is 2.22. The molecule has 3 heterocycles. The number of piperazine rings is 1. The molecule has 7 heteroatoms. The molecule has 0 aliphatic carbocycles. The van der Waals surface area contributed by atoms with E-state index in [4.69, 9.17) is 5.73 Å². The van der Waals surface area contributed by atoms with Gasteiger partial charge in [0.2, 0.25) is 0 Å². The van der Waals surface area contributed by atoms with Crippen LogP contribution in [0.2, 0.25) is 0 Å². The van der Waals surface area contributed by atoms with Crippen molar-refractivity contribution < 1.29 is 0 Å². The van der Waals surface area contributed by atoms with Crippen molar-refractivity contribution in [3.63, 3.8) is 0 Å². The molecule has 1 atom stereocenters. The van der Waals surface area contributed by atoms with Crippen LogP contribution in [0, 0.1) is 0 Å². The Kier molecular flexibility index (Phi) is 3.54. The molecule has 2 N–H and O–H groups in total. The number of hydrogen-bond donors (Lipinski definition) is 1. The quantitative estimate of drug-likeness (QED) is 0.838. The van der Waals surface area contributed by atoms with Crippen molar-refractivity contribution in [2.24, 2.45) is 12.8 Å². The standard InChI is InChI=1S/C13H21N7/c1-10(7-14)19-3-5-20(6-4-19)13-11-8-17-18(2)12(11)15-9-16-13/h8-10H,3-7,14H2,1-2H3. The minimum Gasteiger partial charge on any atom is -0.353 e. The second-order valence-corrected chi connectivity index (χ2v) is 5.31. The molecule has 0 radical (unpaired) electrons. The van der Waals surface area contributed by atoms with Crippen molar-refractivity contribution in [2.45, 2.75) is 13.0 Å². The Morgan fingerprint density at radius 1 is 1.25 bits per heavy atom. The minimum absolute atomic E-state index is 0.445. The molecule has 1 fully saturated rings. The lowest BCUT2D eigenvalue weighted by Gasteiger charge is -2.38. The Morgan fingerprint density at radius 3 is 2.70 bits per heavy atom. The fourth-order valence-electron chi connectivity index (χ4n) is 2.73. The fraction of sp³-hybridized carbons (Fsp3) is 0.615. The zero-order valence-electron chi connectivity index (χ0n) is 12.0. The molecule has 1 aliphatic rings. The minimum atomic E-state index is 0.445. The van der Waals surface area contributed by atoms with Gasteiger partial charge >= 0.3 is 0 Å². The van der Waals surface area contributed by atoms with Crippen LogP contribution in [-0.4, -0.2) is 63.4 Å². The summed E-state index contributed by atoms with van der Waals surface area (Å²) in [6.45, 7) is 6.85. The second kappa shape index (κ2) is 5.34. The third-order valence-electron chi connectivity index (χ3n) is 4.09. The zero-order valence-corrected chi connectivity index (χ0v) is 12.0. The summed E-state index contributed by atoms with van der Waals surface area (Å²) >= 11 is 0. The first-order chi connectivity index (χ1) is 9.70. The molecule has 20 heavy (non-hydrogen) atoms. The van der Waals surface area contributed by atoms with Gasteiger partial charge in [0.25, 0.3) is 0 Å². The van der Waals surface area contributed by atoms with Gasteiger partial charge in [-0.3, -0.25) is 9.58 Å². The van der Waals surface area contributed by atoms with Gasteiger partial charge in [0, 0.05) is 45.8 Å². The Morgan fingerprint density at radius 2 is 2.00 bits per heavy atom. The van der Waals surface area contributed by atoms with Crippen LogP contribution in [0.3, 0.4) is 0 Å². The molecule has 3 rings (SSSR count). The Hall–Kier alpha value is -1.73. The SMILES string of the molecule is CC(CN)N1CCN(c2ncnc3c2cnn3C)CC1. The highest BCUT2D eigenvalue weighted by molar-refractivity contribution is 5.86. The molecule has 1 aliphatic heterocycles. The average Bonchev–Trinajstić information content (AvgIpc) is 2.88. The van der Waals surface area contributed by atoms with Crippen molar-refractivity contribution in [3.8, 4) is 0 Å². The monoisotopic (exact) mass is 275 g/mol. The van der Waals surface area contributed by atoms with Gasteiger partial charge in [0.05, 0.1) is 11.6 Å². The van der Waals surface area contributed by atoms with Gasteiger partial charge in [0.1, 0.15) is 12.1 Å². The molecule has 1 saturated heterocycles. The van der Waals surface area contributed by atoms with Crippen LogP contribution in [-0.2, 0) is 7.05 Å². The average molecular weight is 275 g/mol. The molecular formula is C13H21N7. The van der Waals surface area contributed by atoms with E-state index < -0.39 is 0 Å². The molecule has 0 spiro atoms. The lowest BCUT2D eigenvalue weighted by molar-refractivity contribution is 0.201. The number of fused-ring (bicyclic) bond motifs is 1. The maximum absolute atomic E-state index is 5.74. The summed E-state index contributed by atoms with van der Waals surface area (Å²) in [5.41, 5.74) is 6.62. The Balaban J connectivity index is 1.80. The molecule has 0 aromatic carbocycles. The molecule has 0 amide bonds. The van der Waals surface area contributed by atoms with Gasteiger partial charge in [-0.2, -0.15) is 5.10 Å². The summed E-state index contributed by atoms with van der Waals surface area (Å²) in [4.78, 5) is 13.5. The number of nitrogens with two attached hydrogens (primary N) is 1. The molecule has 2 aromatic heterocycles. The van der Waals surface area contributed by atoms with E-state index >= 15 is 0 Å². The van der Waals surface area contributed by atoms with Crippen molar-refractivity contribution in [1.29, 1.82) is 0 Å². The van der Waals surface area contributed by atoms with Crippen molar-refractivity contribution in [3.05, 3.63) is 12.5 Å². The largest absolute Gasteiger partial charge is 0.353 e. The predicted octanol–water partition coefficient (Wildman–Crippen LogP) is -0.167. The van der Waals surface area contributed by atoms with Crippen molar-refractivity contribution >= 4 is 16.9 Å². The van der Waals surface area contributed by atoms with E-state index in [0.29, 0.717) is 12.6 Å². The van der Waals surface area contributed by atoms with Gasteiger partial charge in [-0.1, -0.05) is 0 Å². The van der Waals surface area contributed by atoms with Gasteiger partial charge in [-0.15, -0.1) is 0 Å². The van der Waals surface area contributed by atoms with E-state index in [1.165, 1.54) is 0 Å². The fourth-order valence-corrected chi connectivity index (χ4v) is 2.73. The third kappa shape index (κ3) is 2.23. The van der Waals surface area contributed by atoms with Gasteiger partial charge in [0.15, 0.2) is 5.65 Å². The number of hydrogen-bond acceptors (Lipinski definition) is 6. The highest BCUT2D eigenvalue weighted by Crippen LogP contribution is 2.23. The first-order valence-corrected chi connectivity index (χ1v) is 7.02. The van der Waals surface area contributed by atoms with Crippen LogP contribution in [0.15, 0.2) is 12.5 Å². The van der Waals surface area contributed by atoms with Crippen LogP contribution in [0.5, 0.6) is 0 Å². The number of nitrogens with zero attached hydrogens (tertiary/aromatic N) is 6. The van der Waals surface area contributed by atoms with E-state index in [1.807, 2.05) is 13.2 Å². The smallest absolute Gasteiger partial charge is 0.163 e. The number of anilines is 1. The lowest BCUT2D eigenvalue weighted by atomic mass is 10.2. The summed E-state index contributed by atoms with van der Waals surface area (Å²) in [7, 11) is 1.90. The molecule has 2 aromatic rings. The molecule has 7 nitrogen and oxygen atoms in total. The molecule has 1 unspecified atom stereocenters. The second-order valence-electron chi connectivity index (χ2n) is 5.31. The predicted molar refractivity (Wildman–Crippen MR) is 78.6 cm³/mol. The van der Waals surface area contributed by atoms with Crippen LogP contribution in [0.4, 0.5) is 5.82 Å². The van der Waals surface area contributed by atoms with E-state index in [1.54, 1.807) is 11.0 Å².